The minimum absolute atomic E-state index is 0.432. The van der Waals surface area contributed by atoms with Crippen molar-refractivity contribution in [1.29, 1.82) is 0 Å². The lowest BCUT2D eigenvalue weighted by Crippen LogP contribution is -2.29. The SMILES string of the molecule is C=C(/C=c1/c(Cl)cc(Cl)n/c1=C/C)C1CCCCCCC1.CC.CC. The molecule has 0 saturated heterocycles. The molecule has 1 heterocycles. The molecular formula is C22H35Cl2N. The minimum atomic E-state index is 0.432. The van der Waals surface area contributed by atoms with Crippen molar-refractivity contribution in [2.75, 3.05) is 0 Å². The second kappa shape index (κ2) is 14.4. The van der Waals surface area contributed by atoms with Crippen LogP contribution in [0, 0.1) is 5.92 Å². The van der Waals surface area contributed by atoms with Crippen LogP contribution in [0.25, 0.3) is 12.2 Å². The van der Waals surface area contributed by atoms with Crippen LogP contribution in [0.2, 0.25) is 10.2 Å². The molecule has 0 N–H and O–H groups in total. The summed E-state index contributed by atoms with van der Waals surface area (Å²) in [6.45, 7) is 14.2. The summed E-state index contributed by atoms with van der Waals surface area (Å²) in [7, 11) is 0. The molecule has 142 valence electrons. The van der Waals surface area contributed by atoms with Crippen LogP contribution in [-0.4, -0.2) is 4.98 Å². The van der Waals surface area contributed by atoms with Gasteiger partial charge in [-0.1, -0.05) is 101 Å². The molecule has 3 heteroatoms. The molecule has 0 radical (unpaired) electrons. The van der Waals surface area contributed by atoms with Gasteiger partial charge < -0.3 is 0 Å². The van der Waals surface area contributed by atoms with Crippen molar-refractivity contribution < 1.29 is 0 Å². The van der Waals surface area contributed by atoms with E-state index in [2.05, 4.69) is 17.6 Å². The highest BCUT2D eigenvalue weighted by Crippen LogP contribution is 2.27. The Morgan fingerprint density at radius 1 is 1.04 bits per heavy atom. The van der Waals surface area contributed by atoms with Crippen LogP contribution in [0.1, 0.15) is 79.6 Å². The number of halogens is 2. The fraction of sp³-hybridized carbons (Fsp3) is 0.591. The second-order valence-electron chi connectivity index (χ2n) is 5.78. The molecule has 1 aromatic heterocycles. The van der Waals surface area contributed by atoms with Gasteiger partial charge in [0.05, 0.1) is 10.4 Å². The average molecular weight is 384 g/mol. The third-order valence-electron chi connectivity index (χ3n) is 4.24. The summed E-state index contributed by atoms with van der Waals surface area (Å²) in [6.07, 6.45) is 13.2. The van der Waals surface area contributed by atoms with Crippen molar-refractivity contribution in [1.82, 2.24) is 4.98 Å². The summed E-state index contributed by atoms with van der Waals surface area (Å²) in [4.78, 5) is 4.34. The summed E-state index contributed by atoms with van der Waals surface area (Å²) in [5, 5.41) is 2.85. The zero-order chi connectivity index (χ0) is 19.2. The summed E-state index contributed by atoms with van der Waals surface area (Å²) in [5.41, 5.74) is 1.17. The molecule has 0 unspecified atom stereocenters. The molecule has 1 nitrogen and oxygen atoms in total. The van der Waals surface area contributed by atoms with E-state index < -0.39 is 0 Å². The Hall–Kier alpha value is -0.790. The lowest BCUT2D eigenvalue weighted by Gasteiger charge is -2.20. The number of aromatic nitrogens is 1. The Morgan fingerprint density at radius 2 is 1.56 bits per heavy atom. The van der Waals surface area contributed by atoms with Crippen molar-refractivity contribution in [2.24, 2.45) is 5.92 Å². The minimum Gasteiger partial charge on any atom is -0.236 e. The zero-order valence-corrected chi connectivity index (χ0v) is 18.2. The topological polar surface area (TPSA) is 12.9 Å². The van der Waals surface area contributed by atoms with Gasteiger partial charge in [-0.3, -0.25) is 0 Å². The summed E-state index contributed by atoms with van der Waals surface area (Å²) in [5.74, 6) is 0.571. The Kier molecular flexibility index (Phi) is 13.9. The summed E-state index contributed by atoms with van der Waals surface area (Å²) >= 11 is 12.3. The van der Waals surface area contributed by atoms with Crippen molar-refractivity contribution in [3.63, 3.8) is 0 Å². The lowest BCUT2D eigenvalue weighted by atomic mass is 9.86. The van der Waals surface area contributed by atoms with Crippen LogP contribution in [-0.2, 0) is 0 Å². The van der Waals surface area contributed by atoms with Crippen LogP contribution in [0.15, 0.2) is 18.2 Å². The van der Waals surface area contributed by atoms with Gasteiger partial charge in [0, 0.05) is 5.22 Å². The van der Waals surface area contributed by atoms with Gasteiger partial charge in [-0.05, 0) is 37.8 Å². The molecule has 0 spiro atoms. The van der Waals surface area contributed by atoms with Gasteiger partial charge >= 0.3 is 0 Å². The Bertz CT molecular complexity index is 612. The number of pyridine rings is 1. The first kappa shape index (κ1) is 24.2. The second-order valence-corrected chi connectivity index (χ2v) is 6.57. The van der Waals surface area contributed by atoms with Crippen LogP contribution in [0.5, 0.6) is 0 Å². The standard InChI is InChI=1S/C18H23Cl2N.2C2H6/c1-3-17-15(16(19)12-18(20)21-17)11-13(2)14-9-7-5-4-6-8-10-14;2*1-2/h3,11-12,14H,2,4-10H2,1H3;2*1-2H3/b15-11-,17-3+;;. The van der Waals surface area contributed by atoms with Crippen LogP contribution in [0.4, 0.5) is 0 Å². The molecular weight excluding hydrogens is 349 g/mol. The highest BCUT2D eigenvalue weighted by Gasteiger charge is 2.13. The third kappa shape index (κ3) is 8.42. The van der Waals surface area contributed by atoms with E-state index in [0.29, 0.717) is 16.1 Å². The van der Waals surface area contributed by atoms with Gasteiger partial charge in [-0.25, -0.2) is 4.98 Å². The average Bonchev–Trinajstić information content (AvgIpc) is 2.60. The molecule has 1 aromatic rings. The Balaban J connectivity index is 0.00000134. The zero-order valence-electron chi connectivity index (χ0n) is 16.7. The first-order valence-electron chi connectivity index (χ1n) is 9.80. The van der Waals surface area contributed by atoms with Crippen molar-refractivity contribution >= 4 is 35.4 Å². The van der Waals surface area contributed by atoms with E-state index in [1.54, 1.807) is 6.07 Å². The van der Waals surface area contributed by atoms with E-state index in [1.165, 1.54) is 50.5 Å². The van der Waals surface area contributed by atoms with E-state index in [4.69, 9.17) is 23.2 Å². The molecule has 0 aliphatic heterocycles. The van der Waals surface area contributed by atoms with Crippen molar-refractivity contribution in [3.8, 4) is 0 Å². The maximum absolute atomic E-state index is 6.34. The number of nitrogens with zero attached hydrogens (tertiary/aromatic N) is 1. The maximum atomic E-state index is 6.34. The lowest BCUT2D eigenvalue weighted by molar-refractivity contribution is 0.428. The van der Waals surface area contributed by atoms with Gasteiger partial charge in [0.15, 0.2) is 0 Å². The van der Waals surface area contributed by atoms with Crippen molar-refractivity contribution in [2.45, 2.75) is 79.6 Å². The molecule has 0 bridgehead atoms. The first-order chi connectivity index (χ1) is 12.1. The molecule has 1 aliphatic carbocycles. The number of rotatable bonds is 2. The smallest absolute Gasteiger partial charge is 0.131 e. The first-order valence-corrected chi connectivity index (χ1v) is 10.6. The normalized spacial score (nSPS) is 16.8. The van der Waals surface area contributed by atoms with Crippen LogP contribution < -0.4 is 10.6 Å². The quantitative estimate of drug-likeness (QED) is 0.503. The van der Waals surface area contributed by atoms with Crippen LogP contribution in [0.3, 0.4) is 0 Å². The third-order valence-corrected chi connectivity index (χ3v) is 4.75. The Morgan fingerprint density at radius 3 is 2.08 bits per heavy atom. The van der Waals surface area contributed by atoms with Gasteiger partial charge in [-0.2, -0.15) is 0 Å². The van der Waals surface area contributed by atoms with E-state index in [0.717, 1.165) is 10.6 Å². The predicted octanol–water partition coefficient (Wildman–Crippen LogP) is 6.94. The summed E-state index contributed by atoms with van der Waals surface area (Å²) < 4.78 is 0. The Labute approximate surface area is 164 Å². The number of hydrogen-bond acceptors (Lipinski definition) is 1. The van der Waals surface area contributed by atoms with E-state index in [9.17, 15) is 0 Å². The molecule has 0 atom stereocenters. The fourth-order valence-corrected chi connectivity index (χ4v) is 3.52. The molecule has 1 aliphatic rings. The number of allylic oxidation sites excluding steroid dienone is 1. The van der Waals surface area contributed by atoms with Gasteiger partial charge in [0.25, 0.3) is 0 Å². The molecule has 0 aromatic carbocycles. The molecule has 1 saturated carbocycles. The van der Waals surface area contributed by atoms with E-state index >= 15 is 0 Å². The molecule has 2 rings (SSSR count). The fourth-order valence-electron chi connectivity index (χ4n) is 3.01. The molecule has 25 heavy (non-hydrogen) atoms. The van der Waals surface area contributed by atoms with Gasteiger partial charge in [0.2, 0.25) is 0 Å². The number of hydrogen-bond donors (Lipinski definition) is 0. The van der Waals surface area contributed by atoms with E-state index in [-0.39, 0.29) is 0 Å². The highest BCUT2D eigenvalue weighted by atomic mass is 35.5. The van der Waals surface area contributed by atoms with Crippen molar-refractivity contribution in [3.05, 3.63) is 39.0 Å². The summed E-state index contributed by atoms with van der Waals surface area (Å²) in [6, 6.07) is 1.70. The van der Waals surface area contributed by atoms with Gasteiger partial charge in [0.1, 0.15) is 5.15 Å². The molecule has 1 fully saturated rings. The maximum Gasteiger partial charge on any atom is 0.131 e. The van der Waals surface area contributed by atoms with Crippen LogP contribution >= 0.6 is 23.2 Å². The predicted molar refractivity (Wildman–Crippen MR) is 116 cm³/mol. The molecule has 0 amide bonds. The van der Waals surface area contributed by atoms with Gasteiger partial charge in [-0.15, -0.1) is 0 Å². The highest BCUT2D eigenvalue weighted by molar-refractivity contribution is 6.33. The largest absolute Gasteiger partial charge is 0.236 e. The monoisotopic (exact) mass is 383 g/mol. The van der Waals surface area contributed by atoms with E-state index in [1.807, 2.05) is 40.7 Å².